The molecular formula is C14H26N2O3. The molecule has 2 fully saturated rings. The van der Waals surface area contributed by atoms with E-state index in [1.165, 1.54) is 0 Å². The first-order chi connectivity index (χ1) is 9.29. The van der Waals surface area contributed by atoms with Gasteiger partial charge >= 0.3 is 5.97 Å². The van der Waals surface area contributed by atoms with Crippen LogP contribution in [0.1, 0.15) is 19.8 Å². The van der Waals surface area contributed by atoms with Crippen molar-refractivity contribution >= 4 is 5.97 Å². The lowest BCUT2D eigenvalue weighted by molar-refractivity contribution is -0.149. The number of rotatable bonds is 5. The van der Waals surface area contributed by atoms with Crippen molar-refractivity contribution in [1.82, 2.24) is 9.80 Å². The van der Waals surface area contributed by atoms with Crippen LogP contribution in [0.4, 0.5) is 0 Å². The van der Waals surface area contributed by atoms with Gasteiger partial charge in [-0.25, -0.2) is 0 Å². The van der Waals surface area contributed by atoms with Crippen molar-refractivity contribution in [3.8, 4) is 0 Å². The summed E-state index contributed by atoms with van der Waals surface area (Å²) in [5.41, 5.74) is 0. The minimum atomic E-state index is -0.0152. The SMILES string of the molecule is CCOC(=O)[C@H]1CCCN(CCN2CCOCC2)C1. The average Bonchev–Trinajstić information content (AvgIpc) is 2.47. The van der Waals surface area contributed by atoms with Gasteiger partial charge in [-0.1, -0.05) is 0 Å². The van der Waals surface area contributed by atoms with E-state index < -0.39 is 0 Å². The average molecular weight is 270 g/mol. The fourth-order valence-corrected chi connectivity index (χ4v) is 2.82. The van der Waals surface area contributed by atoms with Crippen LogP contribution in [-0.4, -0.2) is 74.9 Å². The molecule has 5 nitrogen and oxygen atoms in total. The van der Waals surface area contributed by atoms with E-state index in [2.05, 4.69) is 9.80 Å². The van der Waals surface area contributed by atoms with Gasteiger partial charge in [0.05, 0.1) is 25.7 Å². The van der Waals surface area contributed by atoms with Crippen LogP contribution in [0.15, 0.2) is 0 Å². The maximum Gasteiger partial charge on any atom is 0.310 e. The zero-order chi connectivity index (χ0) is 13.5. The van der Waals surface area contributed by atoms with E-state index in [1.54, 1.807) is 0 Å². The molecule has 0 radical (unpaired) electrons. The van der Waals surface area contributed by atoms with Crippen LogP contribution < -0.4 is 0 Å². The Kier molecular flexibility index (Phi) is 6.07. The highest BCUT2D eigenvalue weighted by Gasteiger charge is 2.26. The van der Waals surface area contributed by atoms with Gasteiger partial charge in [-0.15, -0.1) is 0 Å². The first kappa shape index (κ1) is 14.8. The van der Waals surface area contributed by atoms with Crippen LogP contribution in [0.2, 0.25) is 0 Å². The summed E-state index contributed by atoms with van der Waals surface area (Å²) in [4.78, 5) is 16.6. The van der Waals surface area contributed by atoms with Gasteiger partial charge < -0.3 is 14.4 Å². The first-order valence-electron chi connectivity index (χ1n) is 7.48. The lowest BCUT2D eigenvalue weighted by Gasteiger charge is -2.34. The number of carbonyl (C=O) groups is 1. The second-order valence-corrected chi connectivity index (χ2v) is 5.35. The molecule has 110 valence electrons. The van der Waals surface area contributed by atoms with Crippen molar-refractivity contribution < 1.29 is 14.3 Å². The highest BCUT2D eigenvalue weighted by Crippen LogP contribution is 2.17. The number of ether oxygens (including phenoxy) is 2. The van der Waals surface area contributed by atoms with Crippen LogP contribution in [0.25, 0.3) is 0 Å². The number of likely N-dealkylation sites (tertiary alicyclic amines) is 1. The van der Waals surface area contributed by atoms with Gasteiger partial charge in [0, 0.05) is 32.7 Å². The van der Waals surface area contributed by atoms with Crippen molar-refractivity contribution in [2.75, 3.05) is 59.1 Å². The van der Waals surface area contributed by atoms with Gasteiger partial charge in [0.25, 0.3) is 0 Å². The molecule has 2 saturated heterocycles. The fraction of sp³-hybridized carbons (Fsp3) is 0.929. The first-order valence-corrected chi connectivity index (χ1v) is 7.48. The molecule has 0 N–H and O–H groups in total. The maximum atomic E-state index is 11.8. The summed E-state index contributed by atoms with van der Waals surface area (Å²) in [6, 6.07) is 0. The zero-order valence-corrected chi connectivity index (χ0v) is 12.0. The minimum absolute atomic E-state index is 0.0152. The van der Waals surface area contributed by atoms with Gasteiger partial charge in [-0.3, -0.25) is 9.69 Å². The van der Waals surface area contributed by atoms with Gasteiger partial charge in [-0.05, 0) is 26.3 Å². The highest BCUT2D eigenvalue weighted by molar-refractivity contribution is 5.72. The topological polar surface area (TPSA) is 42.0 Å². The Balaban J connectivity index is 1.69. The highest BCUT2D eigenvalue weighted by atomic mass is 16.5. The molecule has 2 rings (SSSR count). The third-order valence-electron chi connectivity index (χ3n) is 3.96. The molecular weight excluding hydrogens is 244 g/mol. The fourth-order valence-electron chi connectivity index (χ4n) is 2.82. The molecule has 0 amide bonds. The normalized spacial score (nSPS) is 26.3. The second kappa shape index (κ2) is 7.82. The monoisotopic (exact) mass is 270 g/mol. The molecule has 0 bridgehead atoms. The molecule has 0 saturated carbocycles. The smallest absolute Gasteiger partial charge is 0.310 e. The molecule has 2 aliphatic heterocycles. The molecule has 0 aliphatic carbocycles. The number of morpholine rings is 1. The number of hydrogen-bond donors (Lipinski definition) is 0. The van der Waals surface area contributed by atoms with Gasteiger partial charge in [-0.2, -0.15) is 0 Å². The summed E-state index contributed by atoms with van der Waals surface area (Å²) in [5.74, 6) is 0.0666. The third kappa shape index (κ3) is 4.75. The Morgan fingerprint density at radius 3 is 2.68 bits per heavy atom. The van der Waals surface area contributed by atoms with E-state index in [4.69, 9.17) is 9.47 Å². The molecule has 2 aliphatic rings. The molecule has 1 atom stereocenters. The quantitative estimate of drug-likeness (QED) is 0.684. The molecule has 0 aromatic heterocycles. The summed E-state index contributed by atoms with van der Waals surface area (Å²) in [6.07, 6.45) is 2.08. The molecule has 5 heteroatoms. The van der Waals surface area contributed by atoms with Gasteiger partial charge in [0.15, 0.2) is 0 Å². The summed E-state index contributed by atoms with van der Waals surface area (Å²) >= 11 is 0. The predicted octanol–water partition coefficient (Wildman–Crippen LogP) is 0.594. The lowest BCUT2D eigenvalue weighted by atomic mass is 9.98. The second-order valence-electron chi connectivity index (χ2n) is 5.35. The number of hydrogen-bond acceptors (Lipinski definition) is 5. The Morgan fingerprint density at radius 1 is 1.21 bits per heavy atom. The maximum absolute atomic E-state index is 11.8. The van der Waals surface area contributed by atoms with Crippen LogP contribution in [0.5, 0.6) is 0 Å². The Bertz CT molecular complexity index is 280. The third-order valence-corrected chi connectivity index (χ3v) is 3.96. The number of nitrogens with zero attached hydrogens (tertiary/aromatic N) is 2. The van der Waals surface area contributed by atoms with E-state index in [1.807, 2.05) is 6.92 Å². The summed E-state index contributed by atoms with van der Waals surface area (Å²) < 4.78 is 10.5. The molecule has 0 spiro atoms. The lowest BCUT2D eigenvalue weighted by Crippen LogP contribution is -2.45. The van der Waals surface area contributed by atoms with Crippen molar-refractivity contribution in [1.29, 1.82) is 0 Å². The molecule has 0 unspecified atom stereocenters. The van der Waals surface area contributed by atoms with Crippen molar-refractivity contribution in [3.05, 3.63) is 0 Å². The number of piperidine rings is 1. The van der Waals surface area contributed by atoms with Crippen LogP contribution in [0, 0.1) is 5.92 Å². The number of esters is 1. The van der Waals surface area contributed by atoms with E-state index in [0.717, 1.165) is 65.3 Å². The van der Waals surface area contributed by atoms with Gasteiger partial charge in [0.1, 0.15) is 0 Å². The largest absolute Gasteiger partial charge is 0.466 e. The van der Waals surface area contributed by atoms with E-state index in [0.29, 0.717) is 6.61 Å². The zero-order valence-electron chi connectivity index (χ0n) is 12.0. The van der Waals surface area contributed by atoms with E-state index in [-0.39, 0.29) is 11.9 Å². The van der Waals surface area contributed by atoms with Crippen LogP contribution in [-0.2, 0) is 14.3 Å². The Labute approximate surface area is 115 Å². The van der Waals surface area contributed by atoms with Crippen LogP contribution in [0.3, 0.4) is 0 Å². The Morgan fingerprint density at radius 2 is 1.95 bits per heavy atom. The summed E-state index contributed by atoms with van der Waals surface area (Å²) in [7, 11) is 0. The van der Waals surface area contributed by atoms with Crippen molar-refractivity contribution in [2.45, 2.75) is 19.8 Å². The minimum Gasteiger partial charge on any atom is -0.466 e. The molecule has 2 heterocycles. The Hall–Kier alpha value is -0.650. The number of carbonyl (C=O) groups excluding carboxylic acids is 1. The van der Waals surface area contributed by atoms with Crippen molar-refractivity contribution in [3.63, 3.8) is 0 Å². The standard InChI is InChI=1S/C14H26N2O3/c1-2-19-14(17)13-4-3-5-16(12-13)7-6-15-8-10-18-11-9-15/h13H,2-12H2,1H3/t13-/m0/s1. The summed E-state index contributed by atoms with van der Waals surface area (Å²) in [5, 5.41) is 0. The molecule has 0 aromatic carbocycles. The predicted molar refractivity (Wildman–Crippen MR) is 73.1 cm³/mol. The summed E-state index contributed by atoms with van der Waals surface area (Å²) in [6.45, 7) is 10.2. The molecule has 19 heavy (non-hydrogen) atoms. The van der Waals surface area contributed by atoms with Crippen molar-refractivity contribution in [2.24, 2.45) is 5.92 Å². The van der Waals surface area contributed by atoms with Gasteiger partial charge in [0.2, 0.25) is 0 Å². The van der Waals surface area contributed by atoms with E-state index in [9.17, 15) is 4.79 Å². The molecule has 0 aromatic rings. The van der Waals surface area contributed by atoms with E-state index >= 15 is 0 Å². The van der Waals surface area contributed by atoms with Crippen LogP contribution >= 0.6 is 0 Å².